The van der Waals surface area contributed by atoms with Gasteiger partial charge in [0.25, 0.3) is 11.8 Å². The number of hydrogen-bond donors (Lipinski definition) is 1. The molecule has 4 amide bonds. The van der Waals surface area contributed by atoms with Gasteiger partial charge < -0.3 is 9.52 Å². The molecule has 9 nitrogen and oxygen atoms in total. The number of fused-ring (bicyclic) bond motifs is 5. The minimum Gasteiger partial charge on any atom is -0.508 e. The van der Waals surface area contributed by atoms with Crippen molar-refractivity contribution in [2.75, 3.05) is 9.80 Å². The molecule has 1 saturated carbocycles. The Hall–Kier alpha value is -4.84. The summed E-state index contributed by atoms with van der Waals surface area (Å²) in [6.45, 7) is 0. The molecule has 2 saturated heterocycles. The number of allylic oxidation sites excluding steroid dienone is 2. The Morgan fingerprint density at radius 2 is 1.54 bits per heavy atom. The predicted octanol–water partition coefficient (Wildman–Crippen LogP) is 7.87. The fourth-order valence-corrected chi connectivity index (χ4v) is 9.81. The second kappa shape index (κ2) is 11.6. The molecular formula is C39H25BrCl2FN3O6. The summed E-state index contributed by atoms with van der Waals surface area (Å²) in [6, 6.07) is 23.5. The van der Waals surface area contributed by atoms with Crippen molar-refractivity contribution in [1.82, 2.24) is 4.98 Å². The Morgan fingerprint density at radius 1 is 0.846 bits per heavy atom. The molecule has 2 aliphatic heterocycles. The number of rotatable bonds is 4. The number of carbonyl (C=O) groups is 4. The minimum absolute atomic E-state index is 0.0671. The number of phenols is 1. The van der Waals surface area contributed by atoms with Crippen LogP contribution < -0.4 is 9.80 Å². The van der Waals surface area contributed by atoms with E-state index < -0.39 is 62.9 Å². The second-order valence-electron chi connectivity index (χ2n) is 13.5. The lowest BCUT2D eigenvalue weighted by atomic mass is 9.56. The number of carbonyl (C=O) groups excluding carboxylic acids is 4. The van der Waals surface area contributed by atoms with Crippen molar-refractivity contribution in [2.24, 2.45) is 17.8 Å². The second-order valence-corrected chi connectivity index (χ2v) is 15.7. The van der Waals surface area contributed by atoms with Crippen molar-refractivity contribution in [3.63, 3.8) is 0 Å². The predicted molar refractivity (Wildman–Crippen MR) is 194 cm³/mol. The Labute approximate surface area is 313 Å². The number of imide groups is 2. The fraction of sp³-hybridized carbons (Fsp3) is 0.205. The molecule has 3 fully saturated rings. The zero-order valence-electron chi connectivity index (χ0n) is 26.8. The van der Waals surface area contributed by atoms with E-state index in [1.54, 1.807) is 42.5 Å². The smallest absolute Gasteiger partial charge is 0.258 e. The van der Waals surface area contributed by atoms with Crippen LogP contribution in [0.2, 0.25) is 0 Å². The molecule has 1 N–H and O–H groups in total. The van der Waals surface area contributed by atoms with Crippen LogP contribution in [0.15, 0.2) is 112 Å². The summed E-state index contributed by atoms with van der Waals surface area (Å²) in [6.07, 6.45) is 1.69. The van der Waals surface area contributed by atoms with Crippen molar-refractivity contribution >= 4 is 85.2 Å². The monoisotopic (exact) mass is 799 g/mol. The van der Waals surface area contributed by atoms with Crippen LogP contribution in [0.4, 0.5) is 15.8 Å². The number of anilines is 2. The first-order valence-corrected chi connectivity index (χ1v) is 18.0. The van der Waals surface area contributed by atoms with Crippen molar-refractivity contribution in [2.45, 2.75) is 28.5 Å². The van der Waals surface area contributed by atoms with Gasteiger partial charge in [-0.25, -0.2) is 14.3 Å². The molecule has 6 atom stereocenters. The van der Waals surface area contributed by atoms with Gasteiger partial charge in [0.05, 0.1) is 23.2 Å². The number of oxazole rings is 1. The number of alkyl halides is 2. The Morgan fingerprint density at radius 3 is 2.27 bits per heavy atom. The summed E-state index contributed by atoms with van der Waals surface area (Å²) in [5, 5.41) is 11.2. The molecule has 5 aromatic rings. The highest BCUT2D eigenvalue weighted by Crippen LogP contribution is 2.66. The van der Waals surface area contributed by atoms with Crippen LogP contribution >= 0.6 is 39.1 Å². The maximum atomic E-state index is 14.5. The van der Waals surface area contributed by atoms with Crippen LogP contribution in [0, 0.1) is 23.6 Å². The van der Waals surface area contributed by atoms with E-state index in [1.807, 2.05) is 24.3 Å². The summed E-state index contributed by atoms with van der Waals surface area (Å²) in [7, 11) is 0. The van der Waals surface area contributed by atoms with Gasteiger partial charge in [-0.15, -0.1) is 23.2 Å². The number of aromatic nitrogens is 1. The SMILES string of the molecule is O=C1[C@H]2[C@H](CC=C3[C@H]2C[C@@]2(Cl)C(=O)N(c4ccc(F)cc4)C(=O)[C@@]2(Cl)[C@H]3c2cc(Br)ccc2O)C(=O)N1c1ccc(-c2nc3ccccc3o2)cc1. The van der Waals surface area contributed by atoms with Crippen LogP contribution in [0.25, 0.3) is 22.6 Å². The number of benzene rings is 4. The van der Waals surface area contributed by atoms with Gasteiger partial charge in [-0.3, -0.25) is 24.1 Å². The minimum atomic E-state index is -2.17. The van der Waals surface area contributed by atoms with E-state index in [0.29, 0.717) is 38.3 Å². The number of amides is 4. The normalized spacial score (nSPS) is 28.3. The largest absolute Gasteiger partial charge is 0.508 e. The summed E-state index contributed by atoms with van der Waals surface area (Å²) >= 11 is 18.2. The highest BCUT2D eigenvalue weighted by molar-refractivity contribution is 9.10. The maximum Gasteiger partial charge on any atom is 0.258 e. The van der Waals surface area contributed by atoms with Crippen LogP contribution in [0.5, 0.6) is 5.75 Å². The van der Waals surface area contributed by atoms with E-state index >= 15 is 0 Å². The van der Waals surface area contributed by atoms with Gasteiger partial charge in [-0.2, -0.15) is 0 Å². The third-order valence-electron chi connectivity index (χ3n) is 10.9. The topological polar surface area (TPSA) is 121 Å². The zero-order chi connectivity index (χ0) is 36.3. The molecular weight excluding hydrogens is 776 g/mol. The van der Waals surface area contributed by atoms with Crippen molar-refractivity contribution in [1.29, 1.82) is 0 Å². The van der Waals surface area contributed by atoms with E-state index in [9.17, 15) is 28.7 Å². The molecule has 0 spiro atoms. The van der Waals surface area contributed by atoms with Gasteiger partial charge in [0.2, 0.25) is 17.7 Å². The average Bonchev–Trinajstić information content (AvgIpc) is 3.73. The van der Waals surface area contributed by atoms with Gasteiger partial charge in [-0.1, -0.05) is 39.7 Å². The number of halogens is 4. The van der Waals surface area contributed by atoms with Gasteiger partial charge in [-0.05, 0) is 97.6 Å². The summed E-state index contributed by atoms with van der Waals surface area (Å²) in [5.41, 5.74) is 3.14. The van der Waals surface area contributed by atoms with E-state index in [4.69, 9.17) is 27.6 Å². The highest BCUT2D eigenvalue weighted by Gasteiger charge is 2.77. The number of para-hydroxylation sites is 2. The Bertz CT molecular complexity index is 2390. The molecule has 2 aliphatic carbocycles. The lowest BCUT2D eigenvalue weighted by molar-refractivity contribution is -0.125. The molecule has 3 heterocycles. The molecule has 52 heavy (non-hydrogen) atoms. The highest BCUT2D eigenvalue weighted by atomic mass is 79.9. The standard InChI is InChI=1S/C39H25BrCl2FN3O6/c40-20-7-16-29(47)26(17-20)32-24-14-15-25-31(27(24)18-38(41)36(50)46(37(51)39(32,38)42)23-12-8-21(43)9-13-23)35(49)45(34(25)48)22-10-5-19(6-11-22)33-44-28-3-1-2-4-30(28)52-33/h1-14,16-17,25,27,31-32,47H,15,18H2/t25-,27+,31-,32+,38+,39-/m0/s1. The first kappa shape index (κ1) is 33.0. The Kier molecular flexibility index (Phi) is 7.36. The fourth-order valence-electron chi connectivity index (χ4n) is 8.50. The molecule has 260 valence electrons. The first-order chi connectivity index (χ1) is 24.9. The van der Waals surface area contributed by atoms with E-state index in [1.165, 1.54) is 18.2 Å². The molecule has 0 radical (unpaired) electrons. The number of hydrogen-bond acceptors (Lipinski definition) is 7. The number of phenolic OH excluding ortho intramolecular Hbond substituents is 1. The third kappa shape index (κ3) is 4.48. The van der Waals surface area contributed by atoms with Crippen molar-refractivity contribution < 1.29 is 33.1 Å². The molecule has 1 aromatic heterocycles. The summed E-state index contributed by atoms with van der Waals surface area (Å²) in [4.78, 5) is 59.8. The van der Waals surface area contributed by atoms with Crippen LogP contribution in [0.1, 0.15) is 24.3 Å². The summed E-state index contributed by atoms with van der Waals surface area (Å²) in [5.74, 6) is -6.68. The van der Waals surface area contributed by atoms with Gasteiger partial charge in [0, 0.05) is 21.5 Å². The zero-order valence-corrected chi connectivity index (χ0v) is 29.9. The molecule has 13 heteroatoms. The van der Waals surface area contributed by atoms with Gasteiger partial charge >= 0.3 is 0 Å². The van der Waals surface area contributed by atoms with Gasteiger partial charge in [0.1, 0.15) is 17.1 Å². The van der Waals surface area contributed by atoms with Crippen molar-refractivity contribution in [3.8, 4) is 17.2 Å². The van der Waals surface area contributed by atoms with Crippen molar-refractivity contribution in [3.05, 3.63) is 118 Å². The van der Waals surface area contributed by atoms with E-state index in [2.05, 4.69) is 20.9 Å². The maximum absolute atomic E-state index is 14.5. The molecule has 4 aliphatic rings. The quantitative estimate of drug-likeness (QED) is 0.112. The Balaban J connectivity index is 1.12. The number of nitrogens with zero attached hydrogens (tertiary/aromatic N) is 3. The number of aromatic hydroxyl groups is 1. The molecule has 4 aromatic carbocycles. The van der Waals surface area contributed by atoms with E-state index in [-0.39, 0.29) is 29.8 Å². The van der Waals surface area contributed by atoms with E-state index in [0.717, 1.165) is 21.9 Å². The summed E-state index contributed by atoms with van der Waals surface area (Å²) < 4.78 is 20.4. The average molecular weight is 801 g/mol. The van der Waals surface area contributed by atoms with Gasteiger partial charge in [0.15, 0.2) is 15.3 Å². The third-order valence-corrected chi connectivity index (χ3v) is 12.8. The van der Waals surface area contributed by atoms with Crippen LogP contribution in [-0.2, 0) is 19.2 Å². The molecule has 0 bridgehead atoms. The first-order valence-electron chi connectivity index (χ1n) is 16.5. The molecule has 9 rings (SSSR count). The lowest BCUT2D eigenvalue weighted by Crippen LogP contribution is -2.60. The lowest BCUT2D eigenvalue weighted by Gasteiger charge is -2.50. The molecule has 0 unspecified atom stereocenters. The van der Waals surface area contributed by atoms with Crippen LogP contribution in [0.3, 0.4) is 0 Å². The van der Waals surface area contributed by atoms with Crippen LogP contribution in [-0.4, -0.2) is 43.5 Å².